The summed E-state index contributed by atoms with van der Waals surface area (Å²) >= 11 is 0. The zero-order valence-corrected chi connectivity index (χ0v) is 22.3. The molecule has 0 aliphatic carbocycles. The molecule has 39 heavy (non-hydrogen) atoms. The second-order valence-corrected chi connectivity index (χ2v) is 11.1. The van der Waals surface area contributed by atoms with E-state index in [0.717, 1.165) is 22.0 Å². The molecule has 0 bridgehead atoms. The highest BCUT2D eigenvalue weighted by molar-refractivity contribution is 7.89. The van der Waals surface area contributed by atoms with Crippen molar-refractivity contribution >= 4 is 44.3 Å². The number of carbonyl (C=O) groups is 3. The van der Waals surface area contributed by atoms with Crippen LogP contribution in [-0.4, -0.2) is 41.6 Å². The summed E-state index contributed by atoms with van der Waals surface area (Å²) in [6.45, 7) is 2.91. The third kappa shape index (κ3) is 4.77. The largest absolute Gasteiger partial charge is 0.350 e. The molecule has 200 valence electrons. The molecule has 3 amide bonds. The van der Waals surface area contributed by atoms with Crippen molar-refractivity contribution in [1.82, 2.24) is 19.7 Å². The summed E-state index contributed by atoms with van der Waals surface area (Å²) in [7, 11) is -2.19. The number of carbonyl (C=O) groups excluding carboxylic acids is 3. The summed E-state index contributed by atoms with van der Waals surface area (Å²) in [6.07, 6.45) is 1.95. The van der Waals surface area contributed by atoms with Gasteiger partial charge in [0, 0.05) is 47.9 Å². The first-order valence-electron chi connectivity index (χ1n) is 12.2. The Morgan fingerprint density at radius 1 is 0.923 bits per heavy atom. The zero-order chi connectivity index (χ0) is 27.9. The summed E-state index contributed by atoms with van der Waals surface area (Å²) in [5.41, 5.74) is 5.82. The Labute approximate surface area is 225 Å². The van der Waals surface area contributed by atoms with E-state index in [1.54, 1.807) is 19.1 Å². The second kappa shape index (κ2) is 10.0. The smallest absolute Gasteiger partial charge is 0.257 e. The Hall–Kier alpha value is -4.48. The highest BCUT2D eigenvalue weighted by Crippen LogP contribution is 2.42. The fourth-order valence-electron chi connectivity index (χ4n) is 4.97. The molecule has 4 aromatic rings. The minimum absolute atomic E-state index is 0.108. The lowest BCUT2D eigenvalue weighted by molar-refractivity contribution is -0.126. The van der Waals surface area contributed by atoms with Gasteiger partial charge in [0.1, 0.15) is 6.04 Å². The van der Waals surface area contributed by atoms with Gasteiger partial charge in [-0.1, -0.05) is 36.4 Å². The normalized spacial score (nSPS) is 15.7. The van der Waals surface area contributed by atoms with Crippen molar-refractivity contribution in [2.24, 2.45) is 7.05 Å². The van der Waals surface area contributed by atoms with Gasteiger partial charge in [-0.05, 0) is 48.9 Å². The van der Waals surface area contributed by atoms with E-state index in [2.05, 4.69) is 15.6 Å². The predicted molar refractivity (Wildman–Crippen MR) is 146 cm³/mol. The number of rotatable bonds is 7. The molecule has 1 aliphatic rings. The van der Waals surface area contributed by atoms with Crippen LogP contribution in [0.3, 0.4) is 0 Å². The van der Waals surface area contributed by atoms with Crippen molar-refractivity contribution in [2.45, 2.75) is 30.8 Å². The van der Waals surface area contributed by atoms with E-state index >= 15 is 0 Å². The summed E-state index contributed by atoms with van der Waals surface area (Å²) in [5, 5.41) is 3.51. The van der Waals surface area contributed by atoms with Crippen molar-refractivity contribution in [2.75, 3.05) is 5.32 Å². The summed E-state index contributed by atoms with van der Waals surface area (Å²) in [6, 6.07) is 19.0. The van der Waals surface area contributed by atoms with Gasteiger partial charge in [0.25, 0.3) is 21.8 Å². The molecule has 0 saturated carbocycles. The van der Waals surface area contributed by atoms with Gasteiger partial charge >= 0.3 is 0 Å². The summed E-state index contributed by atoms with van der Waals surface area (Å²) in [4.78, 5) is 41.5. The van der Waals surface area contributed by atoms with Crippen molar-refractivity contribution in [3.63, 3.8) is 0 Å². The third-order valence-corrected chi connectivity index (χ3v) is 8.07. The van der Waals surface area contributed by atoms with Gasteiger partial charge in [0.2, 0.25) is 5.91 Å². The average molecular weight is 546 g/mol. The molecule has 10 nitrogen and oxygen atoms in total. The van der Waals surface area contributed by atoms with Gasteiger partial charge in [-0.15, -0.1) is 4.83 Å². The average Bonchev–Trinajstić information content (AvgIpc) is 3.40. The van der Waals surface area contributed by atoms with Crippen LogP contribution in [0.4, 0.5) is 5.69 Å². The predicted octanol–water partition coefficient (Wildman–Crippen LogP) is 3.08. The van der Waals surface area contributed by atoms with Crippen molar-refractivity contribution in [3.8, 4) is 0 Å². The molecule has 0 saturated heterocycles. The highest BCUT2D eigenvalue weighted by atomic mass is 32.2. The topological polar surface area (TPSA) is 130 Å². The molecule has 0 spiro atoms. The van der Waals surface area contributed by atoms with Crippen molar-refractivity contribution in [3.05, 3.63) is 95.7 Å². The number of aryl methyl sites for hydroxylation is 1. The first kappa shape index (κ1) is 26.1. The lowest BCUT2D eigenvalue weighted by Crippen LogP contribution is -2.52. The highest BCUT2D eigenvalue weighted by Gasteiger charge is 2.43. The molecule has 1 aromatic heterocycles. The number of hydrazine groups is 1. The first-order chi connectivity index (χ1) is 18.6. The third-order valence-electron chi connectivity index (χ3n) is 6.81. The number of nitrogens with zero attached hydrogens (tertiary/aromatic N) is 2. The van der Waals surface area contributed by atoms with Crippen LogP contribution >= 0.6 is 0 Å². The maximum atomic E-state index is 13.6. The van der Waals surface area contributed by atoms with Crippen LogP contribution in [0.2, 0.25) is 0 Å². The van der Waals surface area contributed by atoms with Gasteiger partial charge in [-0.2, -0.15) is 0 Å². The molecule has 0 fully saturated rings. The van der Waals surface area contributed by atoms with E-state index in [4.69, 9.17) is 0 Å². The molecule has 2 heterocycles. The molecule has 3 N–H and O–H groups in total. The molecule has 2 unspecified atom stereocenters. The van der Waals surface area contributed by atoms with Gasteiger partial charge in [0.05, 0.1) is 10.9 Å². The Bertz CT molecular complexity index is 1710. The summed E-state index contributed by atoms with van der Waals surface area (Å²) in [5.74, 6) is -1.30. The molecule has 1 aliphatic heterocycles. The molecule has 11 heteroatoms. The number of amides is 3. The van der Waals surface area contributed by atoms with Crippen molar-refractivity contribution < 1.29 is 22.8 Å². The van der Waals surface area contributed by atoms with Crippen LogP contribution in [0, 0.1) is 0 Å². The molecular weight excluding hydrogens is 518 g/mol. The number of benzene rings is 3. The number of aromatic nitrogens is 1. The number of nitrogens with one attached hydrogen (secondary N) is 3. The Balaban J connectivity index is 1.41. The van der Waals surface area contributed by atoms with E-state index in [0.29, 0.717) is 11.3 Å². The standard InChI is InChI=1S/C28H27N5O5S/c1-17(27(35)30-31-39(37,38)20-14-12-19(13-15-20)29-18(2)34)33-26(22-9-4-5-10-23(22)28(33)36)24-16-32(3)25-11-7-6-8-21(24)25/h4-17,26,31H,1-3H3,(H,29,34)(H,30,35). The molecule has 3 aromatic carbocycles. The molecule has 2 atom stereocenters. The minimum atomic E-state index is -4.12. The number of para-hydroxylation sites is 1. The molecular formula is C28H27N5O5S. The number of anilines is 1. The van der Waals surface area contributed by atoms with Crippen LogP contribution in [0.5, 0.6) is 0 Å². The lowest BCUT2D eigenvalue weighted by atomic mass is 9.97. The molecule has 5 rings (SSSR count). The SMILES string of the molecule is CC(=O)Nc1ccc(S(=O)(=O)NNC(=O)C(C)N2C(=O)c3ccccc3C2c2cn(C)c3ccccc23)cc1. The van der Waals surface area contributed by atoms with Crippen LogP contribution in [0.25, 0.3) is 10.9 Å². The van der Waals surface area contributed by atoms with Crippen LogP contribution in [0.1, 0.15) is 41.4 Å². The zero-order valence-electron chi connectivity index (χ0n) is 21.5. The number of fused-ring (bicyclic) bond motifs is 2. The minimum Gasteiger partial charge on any atom is -0.350 e. The van der Waals surface area contributed by atoms with E-state index in [1.807, 2.05) is 54.2 Å². The van der Waals surface area contributed by atoms with Gasteiger partial charge in [-0.25, -0.2) is 8.42 Å². The number of sulfonamides is 1. The fourth-order valence-corrected chi connectivity index (χ4v) is 5.82. The maximum absolute atomic E-state index is 13.6. The number of hydrogen-bond donors (Lipinski definition) is 3. The van der Waals surface area contributed by atoms with E-state index in [1.165, 1.54) is 36.1 Å². The van der Waals surface area contributed by atoms with Crippen LogP contribution in [0.15, 0.2) is 83.9 Å². The van der Waals surface area contributed by atoms with Crippen molar-refractivity contribution in [1.29, 1.82) is 0 Å². The number of hydrogen-bond acceptors (Lipinski definition) is 5. The van der Waals surface area contributed by atoms with E-state index in [9.17, 15) is 22.8 Å². The van der Waals surface area contributed by atoms with Crippen LogP contribution < -0.4 is 15.6 Å². The Kier molecular flexibility index (Phi) is 6.71. The lowest BCUT2D eigenvalue weighted by Gasteiger charge is -2.30. The van der Waals surface area contributed by atoms with E-state index in [-0.39, 0.29) is 16.7 Å². The maximum Gasteiger partial charge on any atom is 0.257 e. The van der Waals surface area contributed by atoms with Crippen LogP contribution in [-0.2, 0) is 26.7 Å². The monoisotopic (exact) mass is 545 g/mol. The first-order valence-corrected chi connectivity index (χ1v) is 13.7. The Morgan fingerprint density at radius 3 is 2.31 bits per heavy atom. The van der Waals surface area contributed by atoms with Gasteiger partial charge in [0.15, 0.2) is 0 Å². The molecule has 0 radical (unpaired) electrons. The fraction of sp³-hybridized carbons (Fsp3) is 0.179. The quantitative estimate of drug-likeness (QED) is 0.308. The van der Waals surface area contributed by atoms with Gasteiger partial charge in [-0.3, -0.25) is 19.8 Å². The summed E-state index contributed by atoms with van der Waals surface area (Å²) < 4.78 is 27.6. The Morgan fingerprint density at radius 2 is 1.59 bits per heavy atom. The van der Waals surface area contributed by atoms with E-state index < -0.39 is 28.0 Å². The second-order valence-electron chi connectivity index (χ2n) is 9.39. The van der Waals surface area contributed by atoms with Gasteiger partial charge < -0.3 is 14.8 Å².